The van der Waals surface area contributed by atoms with E-state index in [0.29, 0.717) is 10.7 Å². The van der Waals surface area contributed by atoms with E-state index >= 15 is 0 Å². The van der Waals surface area contributed by atoms with Crippen LogP contribution in [0.2, 0.25) is 5.02 Å². The number of ether oxygens (including phenoxy) is 1. The fraction of sp³-hybridized carbons (Fsp3) is 0.143. The molecule has 0 saturated carbocycles. The van der Waals surface area contributed by atoms with Crippen molar-refractivity contribution >= 4 is 29.0 Å². The lowest BCUT2D eigenvalue weighted by molar-refractivity contribution is -0.390. The molecule has 0 saturated heterocycles. The molecule has 0 bridgehead atoms. The third kappa shape index (κ3) is 3.92. The number of benzene rings is 1. The van der Waals surface area contributed by atoms with E-state index in [2.05, 4.69) is 10.3 Å². The quantitative estimate of drug-likeness (QED) is 0.674. The SMILES string of the molecule is Cc1ccc(NC(=O)COc2cccnc2[N+](=O)[O-])cc1Cl. The molecule has 0 radical (unpaired) electrons. The van der Waals surface area contributed by atoms with E-state index in [-0.39, 0.29) is 12.4 Å². The van der Waals surface area contributed by atoms with Crippen LogP contribution in [-0.2, 0) is 4.79 Å². The van der Waals surface area contributed by atoms with Crippen LogP contribution < -0.4 is 10.1 Å². The number of nitro groups is 1. The van der Waals surface area contributed by atoms with E-state index in [1.54, 1.807) is 18.2 Å². The second kappa shape index (κ2) is 6.86. The summed E-state index contributed by atoms with van der Waals surface area (Å²) in [4.78, 5) is 25.5. The first kappa shape index (κ1) is 15.7. The van der Waals surface area contributed by atoms with Crippen molar-refractivity contribution in [2.24, 2.45) is 0 Å². The zero-order valence-electron chi connectivity index (χ0n) is 11.6. The number of carbonyl (C=O) groups excluding carboxylic acids is 1. The molecule has 2 rings (SSSR count). The summed E-state index contributed by atoms with van der Waals surface area (Å²) in [5.74, 6) is -0.962. The molecule has 1 heterocycles. The molecule has 0 unspecified atom stereocenters. The summed E-state index contributed by atoms with van der Waals surface area (Å²) in [5.41, 5.74) is 1.41. The van der Waals surface area contributed by atoms with Crippen LogP contribution in [-0.4, -0.2) is 22.4 Å². The molecule has 1 N–H and O–H groups in total. The summed E-state index contributed by atoms with van der Waals surface area (Å²) in [6.07, 6.45) is 1.28. The number of amides is 1. The highest BCUT2D eigenvalue weighted by Crippen LogP contribution is 2.23. The van der Waals surface area contributed by atoms with Crippen LogP contribution in [0.15, 0.2) is 36.5 Å². The Morgan fingerprint density at radius 1 is 1.45 bits per heavy atom. The molecule has 22 heavy (non-hydrogen) atoms. The largest absolute Gasteiger partial charge is 0.476 e. The van der Waals surface area contributed by atoms with Crippen LogP contribution >= 0.6 is 11.6 Å². The molecule has 114 valence electrons. The topological polar surface area (TPSA) is 94.4 Å². The van der Waals surface area contributed by atoms with Gasteiger partial charge in [0, 0.05) is 10.7 Å². The van der Waals surface area contributed by atoms with Crippen molar-refractivity contribution in [3.8, 4) is 5.75 Å². The van der Waals surface area contributed by atoms with Gasteiger partial charge in [0.15, 0.2) is 6.61 Å². The number of carbonyl (C=O) groups is 1. The number of pyridine rings is 1. The van der Waals surface area contributed by atoms with Crippen molar-refractivity contribution in [3.63, 3.8) is 0 Å². The van der Waals surface area contributed by atoms with E-state index in [4.69, 9.17) is 16.3 Å². The van der Waals surface area contributed by atoms with E-state index in [1.165, 1.54) is 18.3 Å². The van der Waals surface area contributed by atoms with Crippen LogP contribution in [0.5, 0.6) is 5.75 Å². The fourth-order valence-electron chi connectivity index (χ4n) is 1.64. The zero-order chi connectivity index (χ0) is 16.1. The van der Waals surface area contributed by atoms with Gasteiger partial charge in [0.1, 0.15) is 6.20 Å². The predicted octanol–water partition coefficient (Wildman–Crippen LogP) is 2.97. The number of hydrogen-bond acceptors (Lipinski definition) is 5. The Bertz CT molecular complexity index is 721. The highest BCUT2D eigenvalue weighted by molar-refractivity contribution is 6.31. The summed E-state index contributed by atoms with van der Waals surface area (Å²) in [6.45, 7) is 1.47. The van der Waals surface area contributed by atoms with Crippen molar-refractivity contribution in [3.05, 3.63) is 57.2 Å². The number of hydrogen-bond donors (Lipinski definition) is 1. The van der Waals surface area contributed by atoms with Gasteiger partial charge in [-0.2, -0.15) is 0 Å². The van der Waals surface area contributed by atoms with Gasteiger partial charge >= 0.3 is 5.82 Å². The lowest BCUT2D eigenvalue weighted by atomic mass is 10.2. The standard InChI is InChI=1S/C14H12ClN3O4/c1-9-4-5-10(7-11(9)15)17-13(19)8-22-12-3-2-6-16-14(12)18(20)21/h2-7H,8H2,1H3,(H,17,19). The zero-order valence-corrected chi connectivity index (χ0v) is 12.3. The van der Waals surface area contributed by atoms with Crippen LogP contribution in [0, 0.1) is 17.0 Å². The number of nitrogens with one attached hydrogen (secondary N) is 1. The van der Waals surface area contributed by atoms with Crippen molar-refractivity contribution in [1.82, 2.24) is 4.98 Å². The number of anilines is 1. The van der Waals surface area contributed by atoms with Crippen LogP contribution in [0.25, 0.3) is 0 Å². The first-order valence-corrected chi connectivity index (χ1v) is 6.63. The van der Waals surface area contributed by atoms with Gasteiger partial charge in [-0.1, -0.05) is 17.7 Å². The molecule has 2 aromatic rings. The number of halogens is 1. The second-order valence-electron chi connectivity index (χ2n) is 4.38. The average molecular weight is 322 g/mol. The van der Waals surface area contributed by atoms with Crippen molar-refractivity contribution < 1.29 is 14.5 Å². The van der Waals surface area contributed by atoms with Crippen molar-refractivity contribution in [2.45, 2.75) is 6.92 Å². The minimum Gasteiger partial charge on any atom is -0.476 e. The fourth-order valence-corrected chi connectivity index (χ4v) is 1.82. The van der Waals surface area contributed by atoms with E-state index in [9.17, 15) is 14.9 Å². The Morgan fingerprint density at radius 3 is 2.91 bits per heavy atom. The Labute approximate surface area is 131 Å². The molecular weight excluding hydrogens is 310 g/mol. The molecule has 0 spiro atoms. The van der Waals surface area contributed by atoms with Crippen LogP contribution in [0.3, 0.4) is 0 Å². The molecule has 1 amide bonds. The summed E-state index contributed by atoms with van der Waals surface area (Å²) in [7, 11) is 0. The van der Waals surface area contributed by atoms with Gasteiger partial charge in [0.2, 0.25) is 5.75 Å². The maximum Gasteiger partial charge on any atom is 0.406 e. The minimum atomic E-state index is -0.674. The monoisotopic (exact) mass is 321 g/mol. The van der Waals surface area contributed by atoms with Gasteiger partial charge < -0.3 is 20.2 Å². The smallest absolute Gasteiger partial charge is 0.406 e. The Hall–Kier alpha value is -2.67. The lowest BCUT2D eigenvalue weighted by Gasteiger charge is -2.08. The predicted molar refractivity (Wildman–Crippen MR) is 81.2 cm³/mol. The third-order valence-corrected chi connectivity index (χ3v) is 3.15. The summed E-state index contributed by atoms with van der Waals surface area (Å²) < 4.78 is 5.14. The Kier molecular flexibility index (Phi) is 4.90. The number of aromatic nitrogens is 1. The van der Waals surface area contributed by atoms with Crippen molar-refractivity contribution in [1.29, 1.82) is 0 Å². The highest BCUT2D eigenvalue weighted by atomic mass is 35.5. The first-order chi connectivity index (χ1) is 10.5. The van der Waals surface area contributed by atoms with E-state index < -0.39 is 16.6 Å². The maximum atomic E-state index is 11.8. The van der Waals surface area contributed by atoms with Gasteiger partial charge in [-0.3, -0.25) is 4.79 Å². The lowest BCUT2D eigenvalue weighted by Crippen LogP contribution is -2.20. The van der Waals surface area contributed by atoms with Gasteiger partial charge in [0.25, 0.3) is 5.91 Å². The van der Waals surface area contributed by atoms with Crippen LogP contribution in [0.4, 0.5) is 11.5 Å². The molecule has 8 heteroatoms. The molecule has 0 fully saturated rings. The molecule has 1 aromatic carbocycles. The molecule has 0 aliphatic rings. The van der Waals surface area contributed by atoms with Crippen LogP contribution in [0.1, 0.15) is 5.56 Å². The highest BCUT2D eigenvalue weighted by Gasteiger charge is 2.16. The van der Waals surface area contributed by atoms with Gasteiger partial charge in [-0.05, 0) is 46.7 Å². The molecule has 0 atom stereocenters. The maximum absolute atomic E-state index is 11.8. The van der Waals surface area contributed by atoms with Gasteiger partial charge in [-0.15, -0.1) is 0 Å². The Balaban J connectivity index is 1.98. The average Bonchev–Trinajstić information content (AvgIpc) is 2.49. The molecule has 7 nitrogen and oxygen atoms in total. The summed E-state index contributed by atoms with van der Waals surface area (Å²) >= 11 is 5.96. The number of rotatable bonds is 5. The second-order valence-corrected chi connectivity index (χ2v) is 4.79. The molecular formula is C14H12ClN3O4. The van der Waals surface area contributed by atoms with Gasteiger partial charge in [0.05, 0.1) is 0 Å². The molecule has 0 aliphatic heterocycles. The summed E-state index contributed by atoms with van der Waals surface area (Å²) in [6, 6.07) is 7.94. The minimum absolute atomic E-state index is 0.0652. The first-order valence-electron chi connectivity index (χ1n) is 6.25. The molecule has 0 aliphatic carbocycles. The number of aryl methyl sites for hydroxylation is 1. The summed E-state index contributed by atoms with van der Waals surface area (Å²) in [5, 5.41) is 13.9. The van der Waals surface area contributed by atoms with E-state index in [1.807, 2.05) is 6.92 Å². The molecule has 1 aromatic heterocycles. The normalized spacial score (nSPS) is 10.1. The van der Waals surface area contributed by atoms with Gasteiger partial charge in [-0.25, -0.2) is 0 Å². The number of nitrogens with zero attached hydrogens (tertiary/aromatic N) is 2. The Morgan fingerprint density at radius 2 is 2.23 bits per heavy atom. The third-order valence-electron chi connectivity index (χ3n) is 2.74. The van der Waals surface area contributed by atoms with E-state index in [0.717, 1.165) is 5.56 Å². The van der Waals surface area contributed by atoms with Crippen molar-refractivity contribution in [2.75, 3.05) is 11.9 Å².